The predicted molar refractivity (Wildman–Crippen MR) is 112 cm³/mol. The van der Waals surface area contributed by atoms with E-state index in [0.717, 1.165) is 17.9 Å². The Hall–Kier alpha value is -2.60. The topological polar surface area (TPSA) is 68.5 Å². The van der Waals surface area contributed by atoms with Crippen molar-refractivity contribution in [3.63, 3.8) is 0 Å². The maximum absolute atomic E-state index is 13.3. The van der Waals surface area contributed by atoms with Crippen molar-refractivity contribution in [3.8, 4) is 0 Å². The van der Waals surface area contributed by atoms with Gasteiger partial charge in [0.15, 0.2) is 5.78 Å². The van der Waals surface area contributed by atoms with Crippen molar-refractivity contribution in [1.82, 2.24) is 5.32 Å². The van der Waals surface area contributed by atoms with Gasteiger partial charge >= 0.3 is 5.97 Å². The van der Waals surface area contributed by atoms with E-state index < -0.39 is 11.9 Å². The van der Waals surface area contributed by atoms with Gasteiger partial charge in [-0.25, -0.2) is 4.79 Å². The van der Waals surface area contributed by atoms with Crippen LogP contribution in [0.5, 0.6) is 0 Å². The molecule has 29 heavy (non-hydrogen) atoms. The lowest BCUT2D eigenvalue weighted by Crippen LogP contribution is -2.36. The molecular weight excluding hydrogens is 386 g/mol. The van der Waals surface area contributed by atoms with Gasteiger partial charge in [-0.1, -0.05) is 6.07 Å². The fourth-order valence-corrected chi connectivity index (χ4v) is 5.04. The Morgan fingerprint density at radius 1 is 1.24 bits per heavy atom. The predicted octanol–water partition coefficient (Wildman–Crippen LogP) is 4.96. The zero-order valence-corrected chi connectivity index (χ0v) is 17.9. The van der Waals surface area contributed by atoms with Crippen LogP contribution < -0.4 is 5.32 Å². The number of ether oxygens (including phenoxy) is 1. The Bertz CT molecular complexity index is 1010. The van der Waals surface area contributed by atoms with Gasteiger partial charge in [0.1, 0.15) is 11.5 Å². The van der Waals surface area contributed by atoms with E-state index in [1.54, 1.807) is 11.3 Å². The molecule has 5 nitrogen and oxygen atoms in total. The molecule has 0 aromatic carbocycles. The van der Waals surface area contributed by atoms with Crippen molar-refractivity contribution in [1.29, 1.82) is 0 Å². The molecule has 0 spiro atoms. The molecule has 2 aromatic heterocycles. The highest BCUT2D eigenvalue weighted by Crippen LogP contribution is 2.46. The maximum Gasteiger partial charge on any atom is 0.337 e. The van der Waals surface area contributed by atoms with Crippen LogP contribution >= 0.6 is 11.3 Å². The first-order chi connectivity index (χ1) is 13.8. The second-order valence-electron chi connectivity index (χ2n) is 7.94. The van der Waals surface area contributed by atoms with Crippen LogP contribution in [0.25, 0.3) is 0 Å². The average Bonchev–Trinajstić information content (AvgIpc) is 3.31. The monoisotopic (exact) mass is 411 g/mol. The van der Waals surface area contributed by atoms with Gasteiger partial charge in [0.2, 0.25) is 0 Å². The number of carbonyl (C=O) groups is 2. The summed E-state index contributed by atoms with van der Waals surface area (Å²) in [5.74, 6) is 0.610. The molecule has 3 heterocycles. The highest BCUT2D eigenvalue weighted by Gasteiger charge is 2.43. The number of furan rings is 1. The molecule has 2 aromatic rings. The zero-order valence-electron chi connectivity index (χ0n) is 17.1. The van der Waals surface area contributed by atoms with Gasteiger partial charge in [0.25, 0.3) is 0 Å². The number of allylic oxidation sites excluding steroid dienone is 3. The molecule has 1 aliphatic heterocycles. The van der Waals surface area contributed by atoms with E-state index in [4.69, 9.17) is 9.15 Å². The summed E-state index contributed by atoms with van der Waals surface area (Å²) in [4.78, 5) is 27.5. The van der Waals surface area contributed by atoms with Gasteiger partial charge in [-0.3, -0.25) is 4.79 Å². The Morgan fingerprint density at radius 2 is 2.03 bits per heavy atom. The van der Waals surface area contributed by atoms with Crippen LogP contribution in [-0.4, -0.2) is 17.9 Å². The molecule has 0 bridgehead atoms. The molecule has 6 heteroatoms. The molecule has 0 amide bonds. The Balaban J connectivity index is 1.79. The summed E-state index contributed by atoms with van der Waals surface area (Å²) in [6.45, 7) is 7.36. The molecule has 0 unspecified atom stereocenters. The molecule has 0 saturated carbocycles. The van der Waals surface area contributed by atoms with Crippen LogP contribution in [0.1, 0.15) is 61.8 Å². The first-order valence-corrected chi connectivity index (χ1v) is 10.8. The number of hydrogen-bond acceptors (Lipinski definition) is 6. The summed E-state index contributed by atoms with van der Waals surface area (Å²) in [6.07, 6.45) is 0.923. The highest BCUT2D eigenvalue weighted by molar-refractivity contribution is 7.10. The van der Waals surface area contributed by atoms with E-state index in [0.29, 0.717) is 29.0 Å². The number of rotatable bonds is 4. The van der Waals surface area contributed by atoms with Gasteiger partial charge in [-0.2, -0.15) is 0 Å². The number of hydrogen-bond donors (Lipinski definition) is 1. The van der Waals surface area contributed by atoms with Gasteiger partial charge in [-0.15, -0.1) is 11.3 Å². The fourth-order valence-electron chi connectivity index (χ4n) is 4.21. The third kappa shape index (κ3) is 3.69. The number of aryl methyl sites for hydroxylation is 1. The number of thiophene rings is 1. The smallest absolute Gasteiger partial charge is 0.337 e. The lowest BCUT2D eigenvalue weighted by atomic mass is 9.74. The largest absolute Gasteiger partial charge is 0.465 e. The molecule has 2 aliphatic rings. The van der Waals surface area contributed by atoms with Gasteiger partial charge in [0, 0.05) is 34.2 Å². The van der Waals surface area contributed by atoms with Gasteiger partial charge < -0.3 is 14.5 Å². The summed E-state index contributed by atoms with van der Waals surface area (Å²) >= 11 is 1.68. The zero-order chi connectivity index (χ0) is 20.7. The third-order valence-electron chi connectivity index (χ3n) is 5.38. The Labute approximate surface area is 174 Å². The SMILES string of the molecule is CC1=C(C(=O)OC(C)C)[C@H](c2ccc(C)o2)C2=C(C[C@H](c3cccs3)CC2=O)N1. The van der Waals surface area contributed by atoms with Crippen molar-refractivity contribution in [2.45, 2.75) is 58.5 Å². The lowest BCUT2D eigenvalue weighted by molar-refractivity contribution is -0.143. The molecule has 2 atom stereocenters. The molecule has 152 valence electrons. The Kier molecular flexibility index (Phi) is 5.21. The second-order valence-corrected chi connectivity index (χ2v) is 8.91. The molecule has 0 saturated heterocycles. The van der Waals surface area contributed by atoms with Crippen LogP contribution in [0.2, 0.25) is 0 Å². The average molecular weight is 412 g/mol. The summed E-state index contributed by atoms with van der Waals surface area (Å²) in [6, 6.07) is 7.81. The molecular formula is C23H25NO4S. The molecule has 0 radical (unpaired) electrons. The summed E-state index contributed by atoms with van der Waals surface area (Å²) in [7, 11) is 0. The molecule has 1 aliphatic carbocycles. The number of nitrogens with one attached hydrogen (secondary N) is 1. The number of carbonyl (C=O) groups excluding carboxylic acids is 2. The summed E-state index contributed by atoms with van der Waals surface area (Å²) in [5.41, 5.74) is 2.69. The minimum absolute atomic E-state index is 0.0542. The third-order valence-corrected chi connectivity index (χ3v) is 6.42. The van der Waals surface area contributed by atoms with Crippen molar-refractivity contribution in [2.75, 3.05) is 0 Å². The highest BCUT2D eigenvalue weighted by atomic mass is 32.1. The van der Waals surface area contributed by atoms with E-state index >= 15 is 0 Å². The van der Waals surface area contributed by atoms with E-state index in [-0.39, 0.29) is 17.8 Å². The summed E-state index contributed by atoms with van der Waals surface area (Å²) < 4.78 is 11.4. The van der Waals surface area contributed by atoms with Crippen molar-refractivity contribution < 1.29 is 18.7 Å². The van der Waals surface area contributed by atoms with Crippen molar-refractivity contribution in [2.24, 2.45) is 0 Å². The lowest BCUT2D eigenvalue weighted by Gasteiger charge is -2.35. The normalized spacial score (nSPS) is 22.0. The van der Waals surface area contributed by atoms with E-state index in [1.165, 1.54) is 4.88 Å². The van der Waals surface area contributed by atoms with Crippen molar-refractivity contribution >= 4 is 23.1 Å². The van der Waals surface area contributed by atoms with E-state index in [1.807, 2.05) is 51.3 Å². The minimum atomic E-state index is -0.539. The number of dihydropyridines is 1. The van der Waals surface area contributed by atoms with Crippen LogP contribution in [0.15, 0.2) is 56.6 Å². The van der Waals surface area contributed by atoms with Crippen molar-refractivity contribution in [3.05, 3.63) is 68.6 Å². The summed E-state index contributed by atoms with van der Waals surface area (Å²) in [5, 5.41) is 5.39. The van der Waals surface area contributed by atoms with E-state index in [2.05, 4.69) is 11.4 Å². The Morgan fingerprint density at radius 3 is 2.66 bits per heavy atom. The quantitative estimate of drug-likeness (QED) is 0.720. The number of esters is 1. The first-order valence-electron chi connectivity index (χ1n) is 9.90. The number of Topliss-reactive ketones (excluding diaryl/α,β-unsaturated/α-hetero) is 1. The van der Waals surface area contributed by atoms with Crippen LogP contribution in [0.4, 0.5) is 0 Å². The molecule has 0 fully saturated rings. The van der Waals surface area contributed by atoms with Crippen LogP contribution in [-0.2, 0) is 14.3 Å². The second kappa shape index (κ2) is 7.67. The van der Waals surface area contributed by atoms with Gasteiger partial charge in [0.05, 0.1) is 17.6 Å². The minimum Gasteiger partial charge on any atom is -0.465 e. The molecule has 4 rings (SSSR count). The fraction of sp³-hybridized carbons (Fsp3) is 0.391. The van der Waals surface area contributed by atoms with Crippen LogP contribution in [0, 0.1) is 6.92 Å². The van der Waals surface area contributed by atoms with Gasteiger partial charge in [-0.05, 0) is 57.7 Å². The van der Waals surface area contributed by atoms with E-state index in [9.17, 15) is 9.59 Å². The first kappa shape index (κ1) is 19.7. The molecule has 1 N–H and O–H groups in total. The number of ketones is 1. The standard InChI is InChI=1S/C23H25NO4S/c1-12(2)27-23(26)20-14(4)24-16-10-15(19-6-5-9-29-19)11-17(25)21(16)22(20)18-8-7-13(3)28-18/h5-9,12,15,22,24H,10-11H2,1-4H3/t15-,22-/m0/s1. The van der Waals surface area contributed by atoms with Crippen LogP contribution in [0.3, 0.4) is 0 Å². The maximum atomic E-state index is 13.3.